The van der Waals surface area contributed by atoms with Crippen molar-refractivity contribution in [3.8, 4) is 0 Å². The van der Waals surface area contributed by atoms with Crippen LogP contribution in [0.1, 0.15) is 55.2 Å². The second-order valence-corrected chi connectivity index (χ2v) is 5.87. The predicted molar refractivity (Wildman–Crippen MR) is 67.7 cm³/mol. The van der Waals surface area contributed by atoms with Gasteiger partial charge in [-0.25, -0.2) is 0 Å². The van der Waals surface area contributed by atoms with Crippen LogP contribution in [0.2, 0.25) is 0 Å². The number of rotatable bonds is 2. The first-order valence-electron chi connectivity index (χ1n) is 6.57. The zero-order chi connectivity index (χ0) is 11.2. The van der Waals surface area contributed by atoms with Crippen molar-refractivity contribution >= 4 is 0 Å². The molecule has 0 bridgehead atoms. The third kappa shape index (κ3) is 1.89. The smallest absolute Gasteiger partial charge is 0.0196 e. The topological polar surface area (TPSA) is 26.0 Å². The summed E-state index contributed by atoms with van der Waals surface area (Å²) >= 11 is 0. The van der Waals surface area contributed by atoms with E-state index in [2.05, 4.69) is 25.1 Å². The van der Waals surface area contributed by atoms with Crippen molar-refractivity contribution in [1.29, 1.82) is 0 Å². The van der Waals surface area contributed by atoms with Gasteiger partial charge < -0.3 is 5.73 Å². The van der Waals surface area contributed by atoms with Gasteiger partial charge in [0.25, 0.3) is 0 Å². The van der Waals surface area contributed by atoms with Crippen molar-refractivity contribution in [2.24, 2.45) is 5.73 Å². The Hall–Kier alpha value is -0.820. The molecule has 1 nitrogen and oxygen atoms in total. The Bertz CT molecular complexity index is 404. The molecule has 0 aromatic heterocycles. The van der Waals surface area contributed by atoms with Crippen molar-refractivity contribution in [2.75, 3.05) is 0 Å². The molecule has 1 aromatic carbocycles. The molecule has 2 aliphatic carbocycles. The van der Waals surface area contributed by atoms with Crippen LogP contribution in [-0.2, 0) is 12.8 Å². The molecule has 1 aromatic rings. The third-order valence-corrected chi connectivity index (χ3v) is 4.27. The van der Waals surface area contributed by atoms with E-state index in [1.807, 2.05) is 0 Å². The molecular formula is C15H21N. The van der Waals surface area contributed by atoms with Crippen LogP contribution in [0, 0.1) is 0 Å². The van der Waals surface area contributed by atoms with Gasteiger partial charge in [0.15, 0.2) is 0 Å². The molecule has 0 radical (unpaired) electrons. The van der Waals surface area contributed by atoms with E-state index < -0.39 is 0 Å². The Balaban J connectivity index is 1.88. The minimum absolute atomic E-state index is 0.145. The maximum absolute atomic E-state index is 6.19. The highest BCUT2D eigenvalue weighted by atomic mass is 14.8. The normalized spacial score (nSPS) is 26.2. The lowest BCUT2D eigenvalue weighted by Gasteiger charge is -2.23. The summed E-state index contributed by atoms with van der Waals surface area (Å²) in [5.41, 5.74) is 10.9. The lowest BCUT2D eigenvalue weighted by atomic mass is 9.82. The molecule has 2 N–H and O–H groups in total. The summed E-state index contributed by atoms with van der Waals surface area (Å²) in [7, 11) is 0. The molecule has 1 fully saturated rings. The van der Waals surface area contributed by atoms with Crippen LogP contribution in [-0.4, -0.2) is 5.54 Å². The fourth-order valence-electron chi connectivity index (χ4n) is 2.94. The van der Waals surface area contributed by atoms with Crippen LogP contribution in [0.5, 0.6) is 0 Å². The molecule has 2 aliphatic rings. The zero-order valence-electron chi connectivity index (χ0n) is 10.1. The van der Waals surface area contributed by atoms with Crippen molar-refractivity contribution in [2.45, 2.75) is 56.9 Å². The number of hydrogen-bond acceptors (Lipinski definition) is 1. The summed E-state index contributed by atoms with van der Waals surface area (Å²) in [4.78, 5) is 0. The van der Waals surface area contributed by atoms with E-state index in [4.69, 9.17) is 5.73 Å². The minimum Gasteiger partial charge on any atom is -0.325 e. The lowest BCUT2D eigenvalue weighted by molar-refractivity contribution is 0.587. The molecule has 0 spiro atoms. The lowest BCUT2D eigenvalue weighted by Crippen LogP contribution is -2.24. The summed E-state index contributed by atoms with van der Waals surface area (Å²) in [6, 6.07) is 7.06. The molecule has 16 heavy (non-hydrogen) atoms. The van der Waals surface area contributed by atoms with Gasteiger partial charge in [-0.2, -0.15) is 0 Å². The van der Waals surface area contributed by atoms with Crippen LogP contribution in [0.3, 0.4) is 0 Å². The van der Waals surface area contributed by atoms with Crippen LogP contribution in [0.4, 0.5) is 0 Å². The highest BCUT2D eigenvalue weighted by Crippen LogP contribution is 2.37. The second kappa shape index (κ2) is 3.59. The van der Waals surface area contributed by atoms with Gasteiger partial charge >= 0.3 is 0 Å². The van der Waals surface area contributed by atoms with Gasteiger partial charge in [-0.1, -0.05) is 25.1 Å². The molecule has 0 amide bonds. The molecule has 0 heterocycles. The van der Waals surface area contributed by atoms with Crippen molar-refractivity contribution in [3.05, 3.63) is 34.9 Å². The summed E-state index contributed by atoms with van der Waals surface area (Å²) < 4.78 is 0. The third-order valence-electron chi connectivity index (χ3n) is 4.27. The zero-order valence-corrected chi connectivity index (χ0v) is 10.1. The van der Waals surface area contributed by atoms with E-state index >= 15 is 0 Å². The fourth-order valence-corrected chi connectivity index (χ4v) is 2.94. The summed E-state index contributed by atoms with van der Waals surface area (Å²) in [5.74, 6) is 0.747. The molecule has 1 saturated carbocycles. The van der Waals surface area contributed by atoms with Gasteiger partial charge in [-0.3, -0.25) is 0 Å². The minimum atomic E-state index is 0.145. The Morgan fingerprint density at radius 1 is 1.38 bits per heavy atom. The SMILES string of the molecule is CC1CCCc2ccc(CC3(N)CC3)cc21. The number of aryl methyl sites for hydroxylation is 1. The number of fused-ring (bicyclic) bond motifs is 1. The first-order valence-corrected chi connectivity index (χ1v) is 6.57. The fraction of sp³-hybridized carbons (Fsp3) is 0.600. The van der Waals surface area contributed by atoms with E-state index in [-0.39, 0.29) is 5.54 Å². The summed E-state index contributed by atoms with van der Waals surface area (Å²) in [6.45, 7) is 2.36. The van der Waals surface area contributed by atoms with E-state index in [0.29, 0.717) is 0 Å². The largest absolute Gasteiger partial charge is 0.325 e. The van der Waals surface area contributed by atoms with Crippen LogP contribution in [0.25, 0.3) is 0 Å². The predicted octanol–water partition coefficient (Wildman–Crippen LogP) is 3.16. The highest BCUT2D eigenvalue weighted by Gasteiger charge is 2.38. The van der Waals surface area contributed by atoms with E-state index in [0.717, 1.165) is 12.3 Å². The Labute approximate surface area is 98.0 Å². The van der Waals surface area contributed by atoms with E-state index in [1.165, 1.54) is 37.7 Å². The first kappa shape index (κ1) is 10.3. The highest BCUT2D eigenvalue weighted by molar-refractivity contribution is 5.37. The van der Waals surface area contributed by atoms with Crippen molar-refractivity contribution in [1.82, 2.24) is 0 Å². The standard InChI is InChI=1S/C15H21N/c1-11-3-2-4-13-6-5-12(9-14(11)13)10-15(16)7-8-15/h5-6,9,11H,2-4,7-8,10,16H2,1H3. The molecule has 86 valence electrons. The Morgan fingerprint density at radius 2 is 2.19 bits per heavy atom. The van der Waals surface area contributed by atoms with E-state index in [1.54, 1.807) is 11.1 Å². The van der Waals surface area contributed by atoms with Crippen molar-refractivity contribution in [3.63, 3.8) is 0 Å². The van der Waals surface area contributed by atoms with Gasteiger partial charge in [0.2, 0.25) is 0 Å². The number of hydrogen-bond donors (Lipinski definition) is 1. The Kier molecular flexibility index (Phi) is 2.32. The molecule has 0 saturated heterocycles. The maximum Gasteiger partial charge on any atom is 0.0196 e. The van der Waals surface area contributed by atoms with Gasteiger partial charge in [0.05, 0.1) is 0 Å². The van der Waals surface area contributed by atoms with Gasteiger partial charge in [0, 0.05) is 5.54 Å². The molecule has 3 rings (SSSR count). The maximum atomic E-state index is 6.19. The molecule has 1 atom stereocenters. The van der Waals surface area contributed by atoms with Crippen LogP contribution >= 0.6 is 0 Å². The second-order valence-electron chi connectivity index (χ2n) is 5.87. The van der Waals surface area contributed by atoms with Gasteiger partial charge in [-0.15, -0.1) is 0 Å². The summed E-state index contributed by atoms with van der Waals surface area (Å²) in [6.07, 6.45) is 7.47. The Morgan fingerprint density at radius 3 is 2.94 bits per heavy atom. The number of nitrogens with two attached hydrogens (primary N) is 1. The summed E-state index contributed by atoms with van der Waals surface area (Å²) in [5, 5.41) is 0. The van der Waals surface area contributed by atoms with Crippen LogP contribution < -0.4 is 5.73 Å². The molecule has 1 heteroatoms. The quantitative estimate of drug-likeness (QED) is 0.805. The molecular weight excluding hydrogens is 194 g/mol. The van der Waals surface area contributed by atoms with Crippen molar-refractivity contribution < 1.29 is 0 Å². The van der Waals surface area contributed by atoms with Gasteiger partial charge in [0.1, 0.15) is 0 Å². The average Bonchev–Trinajstić information content (AvgIpc) is 2.97. The molecule has 1 unspecified atom stereocenters. The van der Waals surface area contributed by atoms with Crippen LogP contribution in [0.15, 0.2) is 18.2 Å². The first-order chi connectivity index (χ1) is 7.66. The van der Waals surface area contributed by atoms with Gasteiger partial charge in [-0.05, 0) is 61.1 Å². The average molecular weight is 215 g/mol. The molecule has 0 aliphatic heterocycles. The number of benzene rings is 1. The van der Waals surface area contributed by atoms with E-state index in [9.17, 15) is 0 Å². The monoisotopic (exact) mass is 215 g/mol.